The van der Waals surface area contributed by atoms with Crippen molar-refractivity contribution >= 4 is 34.2 Å². The van der Waals surface area contributed by atoms with E-state index in [4.69, 9.17) is 4.74 Å². The van der Waals surface area contributed by atoms with Crippen molar-refractivity contribution in [3.63, 3.8) is 0 Å². The first-order valence-electron chi connectivity index (χ1n) is 6.88. The Morgan fingerprint density at radius 1 is 1.45 bits per heavy atom. The number of alkyl halides is 1. The molecular formula is C16H16F2INO2. The van der Waals surface area contributed by atoms with Crippen LogP contribution >= 0.6 is 22.6 Å². The van der Waals surface area contributed by atoms with E-state index in [2.05, 4.69) is 6.58 Å². The number of nitrogens with zero attached hydrogens (tertiary/aromatic N) is 1. The maximum atomic E-state index is 14.3. The molecule has 1 unspecified atom stereocenters. The highest BCUT2D eigenvalue weighted by Gasteiger charge is 2.31. The van der Waals surface area contributed by atoms with E-state index < -0.39 is 11.6 Å². The molecule has 1 amide bonds. The second-order valence-electron chi connectivity index (χ2n) is 4.74. The van der Waals surface area contributed by atoms with Crippen LogP contribution < -0.4 is 4.74 Å². The Kier molecular flexibility index (Phi) is 5.55. The monoisotopic (exact) mass is 419 g/mol. The SMILES string of the molecule is C=CCOc1cc(F)c(C2=CCC(I)C(=O)N2CC)c(F)c1. The molecule has 0 fully saturated rings. The molecule has 1 atom stereocenters. The van der Waals surface area contributed by atoms with Crippen LogP contribution in [0, 0.1) is 11.6 Å². The third-order valence-electron chi connectivity index (χ3n) is 3.30. The van der Waals surface area contributed by atoms with E-state index in [1.165, 1.54) is 11.0 Å². The van der Waals surface area contributed by atoms with E-state index in [0.29, 0.717) is 13.0 Å². The molecule has 2 rings (SSSR count). The zero-order valence-corrected chi connectivity index (χ0v) is 14.3. The van der Waals surface area contributed by atoms with Crippen LogP contribution in [0.4, 0.5) is 8.78 Å². The van der Waals surface area contributed by atoms with Gasteiger partial charge in [0.15, 0.2) is 0 Å². The van der Waals surface area contributed by atoms with Crippen molar-refractivity contribution in [1.29, 1.82) is 0 Å². The maximum absolute atomic E-state index is 14.3. The van der Waals surface area contributed by atoms with Crippen LogP contribution in [0.3, 0.4) is 0 Å². The Labute approximate surface area is 141 Å². The average molecular weight is 419 g/mol. The highest BCUT2D eigenvalue weighted by Crippen LogP contribution is 2.33. The zero-order valence-electron chi connectivity index (χ0n) is 12.1. The number of rotatable bonds is 5. The molecule has 0 saturated carbocycles. The van der Waals surface area contributed by atoms with Crippen LogP contribution in [-0.2, 0) is 4.79 Å². The number of carbonyl (C=O) groups is 1. The summed E-state index contributed by atoms with van der Waals surface area (Å²) < 4.78 is 33.6. The van der Waals surface area contributed by atoms with E-state index >= 15 is 0 Å². The minimum atomic E-state index is -0.747. The van der Waals surface area contributed by atoms with Crippen molar-refractivity contribution < 1.29 is 18.3 Å². The van der Waals surface area contributed by atoms with Crippen molar-refractivity contribution in [2.24, 2.45) is 0 Å². The van der Waals surface area contributed by atoms with Crippen LogP contribution in [0.2, 0.25) is 0 Å². The first-order chi connectivity index (χ1) is 10.5. The van der Waals surface area contributed by atoms with Crippen molar-refractivity contribution in [2.45, 2.75) is 17.3 Å². The molecule has 1 aromatic carbocycles. The largest absolute Gasteiger partial charge is 0.489 e. The van der Waals surface area contributed by atoms with Gasteiger partial charge in [-0.15, -0.1) is 0 Å². The molecule has 6 heteroatoms. The molecule has 1 aliphatic rings. The lowest BCUT2D eigenvalue weighted by Crippen LogP contribution is -2.38. The molecule has 0 bridgehead atoms. The Bertz CT molecular complexity index is 608. The molecule has 0 N–H and O–H groups in total. The van der Waals surface area contributed by atoms with Crippen LogP contribution in [-0.4, -0.2) is 27.9 Å². The first-order valence-corrected chi connectivity index (χ1v) is 8.12. The first kappa shape index (κ1) is 16.9. The summed E-state index contributed by atoms with van der Waals surface area (Å²) in [6.45, 7) is 5.78. The molecular weight excluding hydrogens is 403 g/mol. The Balaban J connectivity index is 2.43. The van der Waals surface area contributed by atoms with Crippen LogP contribution in [0.5, 0.6) is 5.75 Å². The standard InChI is InChI=1S/C16H16F2INO2/c1-3-7-22-10-8-11(17)15(12(18)9-10)14-6-5-13(19)16(21)20(14)4-2/h3,6,8-9,13H,1,4-5,7H2,2H3. The summed E-state index contributed by atoms with van der Waals surface area (Å²) in [7, 11) is 0. The molecule has 118 valence electrons. The van der Waals surface area contributed by atoms with E-state index in [1.807, 2.05) is 22.6 Å². The van der Waals surface area contributed by atoms with Gasteiger partial charge in [0.25, 0.3) is 0 Å². The predicted octanol–water partition coefficient (Wildman–Crippen LogP) is 3.93. The topological polar surface area (TPSA) is 29.5 Å². The van der Waals surface area contributed by atoms with Gasteiger partial charge in [-0.2, -0.15) is 0 Å². The second-order valence-corrected chi connectivity index (χ2v) is 6.24. The van der Waals surface area contributed by atoms with E-state index in [-0.39, 0.29) is 33.4 Å². The van der Waals surface area contributed by atoms with Crippen LogP contribution in [0.1, 0.15) is 18.9 Å². The third-order valence-corrected chi connectivity index (χ3v) is 4.34. The quantitative estimate of drug-likeness (QED) is 0.412. The molecule has 0 spiro atoms. The van der Waals surface area contributed by atoms with E-state index in [0.717, 1.165) is 12.1 Å². The summed E-state index contributed by atoms with van der Waals surface area (Å²) in [6.07, 6.45) is 3.65. The molecule has 0 aromatic heterocycles. The number of ether oxygens (including phenoxy) is 1. The number of amides is 1. The fourth-order valence-corrected chi connectivity index (χ4v) is 2.90. The number of hydrogen-bond acceptors (Lipinski definition) is 2. The number of hydrogen-bond donors (Lipinski definition) is 0. The van der Waals surface area contributed by atoms with Crippen LogP contribution in [0.15, 0.2) is 30.9 Å². The number of carbonyl (C=O) groups excluding carboxylic acids is 1. The van der Waals surface area contributed by atoms with Crippen LogP contribution in [0.25, 0.3) is 5.70 Å². The highest BCUT2D eigenvalue weighted by molar-refractivity contribution is 14.1. The van der Waals surface area contributed by atoms with Crippen molar-refractivity contribution in [3.8, 4) is 5.75 Å². The van der Waals surface area contributed by atoms with Gasteiger partial charge in [-0.05, 0) is 13.3 Å². The molecule has 0 saturated heterocycles. The zero-order chi connectivity index (χ0) is 16.3. The van der Waals surface area contributed by atoms with Crippen molar-refractivity contribution in [1.82, 2.24) is 4.90 Å². The number of halogens is 3. The normalized spacial score (nSPS) is 18.2. The average Bonchev–Trinajstić information content (AvgIpc) is 2.48. The van der Waals surface area contributed by atoms with Gasteiger partial charge < -0.3 is 9.64 Å². The second kappa shape index (κ2) is 7.21. The summed E-state index contributed by atoms with van der Waals surface area (Å²) >= 11 is 2.04. The summed E-state index contributed by atoms with van der Waals surface area (Å²) in [5.74, 6) is -1.53. The summed E-state index contributed by atoms with van der Waals surface area (Å²) in [4.78, 5) is 13.6. The van der Waals surface area contributed by atoms with Crippen molar-refractivity contribution in [2.75, 3.05) is 13.2 Å². The van der Waals surface area contributed by atoms with Gasteiger partial charge in [0.05, 0.1) is 15.2 Å². The lowest BCUT2D eigenvalue weighted by atomic mass is 10.0. The Hall–Kier alpha value is -1.44. The highest BCUT2D eigenvalue weighted by atomic mass is 127. The Morgan fingerprint density at radius 3 is 2.64 bits per heavy atom. The molecule has 1 aliphatic heterocycles. The summed E-state index contributed by atoms with van der Waals surface area (Å²) in [5, 5.41) is 0. The van der Waals surface area contributed by atoms with E-state index in [9.17, 15) is 13.6 Å². The van der Waals surface area contributed by atoms with Gasteiger partial charge >= 0.3 is 0 Å². The molecule has 3 nitrogen and oxygen atoms in total. The fraction of sp³-hybridized carbons (Fsp3) is 0.312. The van der Waals surface area contributed by atoms with Gasteiger partial charge in [0.1, 0.15) is 24.0 Å². The van der Waals surface area contributed by atoms with Gasteiger partial charge in [-0.1, -0.05) is 41.3 Å². The molecule has 1 heterocycles. The minimum Gasteiger partial charge on any atom is -0.489 e. The molecule has 0 radical (unpaired) electrons. The predicted molar refractivity (Wildman–Crippen MR) is 89.8 cm³/mol. The third kappa shape index (κ3) is 3.31. The van der Waals surface area contributed by atoms with Gasteiger partial charge in [0.2, 0.25) is 5.91 Å². The van der Waals surface area contributed by atoms with Crippen molar-refractivity contribution in [3.05, 3.63) is 48.1 Å². The fourth-order valence-electron chi connectivity index (χ4n) is 2.31. The molecule has 0 aliphatic carbocycles. The smallest absolute Gasteiger partial charge is 0.240 e. The lowest BCUT2D eigenvalue weighted by Gasteiger charge is -2.30. The van der Waals surface area contributed by atoms with Gasteiger partial charge in [0, 0.05) is 18.7 Å². The summed E-state index contributed by atoms with van der Waals surface area (Å²) in [6, 6.07) is 2.24. The number of benzene rings is 1. The Morgan fingerprint density at radius 2 is 2.09 bits per heavy atom. The van der Waals surface area contributed by atoms with Gasteiger partial charge in [-0.3, -0.25) is 4.79 Å². The number of allylic oxidation sites excluding steroid dienone is 1. The van der Waals surface area contributed by atoms with Gasteiger partial charge in [-0.25, -0.2) is 8.78 Å². The molecule has 22 heavy (non-hydrogen) atoms. The minimum absolute atomic E-state index is 0.0937. The molecule has 1 aromatic rings. The van der Waals surface area contributed by atoms with E-state index in [1.54, 1.807) is 13.0 Å². The lowest BCUT2D eigenvalue weighted by molar-refractivity contribution is -0.127. The maximum Gasteiger partial charge on any atom is 0.240 e. The summed E-state index contributed by atoms with van der Waals surface area (Å²) in [5.41, 5.74) is 0.0927.